The van der Waals surface area contributed by atoms with Crippen molar-refractivity contribution >= 4 is 57.5 Å². The molecule has 1 heterocycles. The Kier molecular flexibility index (Phi) is 7.96. The fourth-order valence-corrected chi connectivity index (χ4v) is 3.73. The van der Waals surface area contributed by atoms with Gasteiger partial charge in [-0.1, -0.05) is 41.6 Å². The average molecular weight is 541 g/mol. The Morgan fingerprint density at radius 3 is 2.72 bits per heavy atom. The molecule has 9 heteroatoms. The molecule has 0 aliphatic rings. The number of amides is 1. The molecule has 1 N–H and O–H groups in total. The van der Waals surface area contributed by atoms with E-state index >= 15 is 0 Å². The van der Waals surface area contributed by atoms with Gasteiger partial charge in [-0.2, -0.15) is 0 Å². The number of para-hydroxylation sites is 1. The lowest BCUT2D eigenvalue weighted by Crippen LogP contribution is -2.15. The van der Waals surface area contributed by atoms with E-state index in [1.54, 1.807) is 18.2 Å². The second-order valence-corrected chi connectivity index (χ2v) is 8.46. The molecular formula is C20H18ClIN4O2S. The number of carbonyl (C=O) groups is 1. The zero-order chi connectivity index (χ0) is 20.6. The van der Waals surface area contributed by atoms with E-state index in [1.165, 1.54) is 11.8 Å². The Bertz CT molecular complexity index is 994. The molecule has 0 saturated carbocycles. The van der Waals surface area contributed by atoms with Crippen molar-refractivity contribution in [1.29, 1.82) is 0 Å². The molecule has 0 atom stereocenters. The normalized spacial score (nSPS) is 10.6. The lowest BCUT2D eigenvalue weighted by molar-refractivity contribution is -0.113. The van der Waals surface area contributed by atoms with Gasteiger partial charge in [0.25, 0.3) is 0 Å². The number of allylic oxidation sites excluding steroid dienone is 1. The van der Waals surface area contributed by atoms with Crippen molar-refractivity contribution in [2.24, 2.45) is 0 Å². The van der Waals surface area contributed by atoms with E-state index in [0.29, 0.717) is 28.3 Å². The first-order chi connectivity index (χ1) is 14.1. The summed E-state index contributed by atoms with van der Waals surface area (Å²) in [6, 6.07) is 14.9. The number of halogens is 2. The number of ether oxygens (including phenoxy) is 1. The number of aromatic nitrogens is 3. The molecule has 0 fully saturated rings. The summed E-state index contributed by atoms with van der Waals surface area (Å²) < 4.78 is 8.74. The van der Waals surface area contributed by atoms with Gasteiger partial charge < -0.3 is 10.1 Å². The van der Waals surface area contributed by atoms with E-state index in [9.17, 15) is 4.79 Å². The van der Waals surface area contributed by atoms with Crippen LogP contribution in [-0.2, 0) is 17.9 Å². The van der Waals surface area contributed by atoms with Crippen LogP contribution in [0.15, 0.2) is 66.3 Å². The van der Waals surface area contributed by atoms with Gasteiger partial charge in [-0.15, -0.1) is 16.8 Å². The predicted molar refractivity (Wildman–Crippen MR) is 125 cm³/mol. The third-order valence-corrected chi connectivity index (χ3v) is 5.76. The van der Waals surface area contributed by atoms with E-state index in [2.05, 4.69) is 44.7 Å². The van der Waals surface area contributed by atoms with Crippen LogP contribution in [0.25, 0.3) is 0 Å². The van der Waals surface area contributed by atoms with Crippen LogP contribution in [0.5, 0.6) is 5.75 Å². The molecule has 0 saturated heterocycles. The lowest BCUT2D eigenvalue weighted by atomic mass is 10.3. The summed E-state index contributed by atoms with van der Waals surface area (Å²) >= 11 is 9.65. The molecule has 1 amide bonds. The minimum atomic E-state index is -0.113. The average Bonchev–Trinajstić information content (AvgIpc) is 3.09. The van der Waals surface area contributed by atoms with Gasteiger partial charge in [-0.05, 0) is 59.0 Å². The maximum atomic E-state index is 12.2. The molecule has 0 radical (unpaired) electrons. The molecule has 0 unspecified atom stereocenters. The molecule has 0 spiro atoms. The Morgan fingerprint density at radius 1 is 1.24 bits per heavy atom. The third-order valence-electron chi connectivity index (χ3n) is 3.76. The zero-order valence-electron chi connectivity index (χ0n) is 15.3. The fraction of sp³-hybridized carbons (Fsp3) is 0.150. The van der Waals surface area contributed by atoms with Crippen LogP contribution in [0.1, 0.15) is 5.82 Å². The Balaban J connectivity index is 1.61. The van der Waals surface area contributed by atoms with Crippen LogP contribution < -0.4 is 10.1 Å². The van der Waals surface area contributed by atoms with E-state index in [0.717, 1.165) is 9.26 Å². The Hall–Kier alpha value is -2.04. The van der Waals surface area contributed by atoms with Crippen molar-refractivity contribution in [2.75, 3.05) is 11.1 Å². The highest BCUT2D eigenvalue weighted by Crippen LogP contribution is 2.25. The van der Waals surface area contributed by atoms with Crippen LogP contribution in [0, 0.1) is 3.57 Å². The number of nitrogens with zero attached hydrogens (tertiary/aromatic N) is 3. The van der Waals surface area contributed by atoms with Gasteiger partial charge in [-0.25, -0.2) is 0 Å². The van der Waals surface area contributed by atoms with Crippen molar-refractivity contribution in [3.05, 3.63) is 75.6 Å². The van der Waals surface area contributed by atoms with E-state index in [1.807, 2.05) is 41.0 Å². The monoisotopic (exact) mass is 540 g/mol. The van der Waals surface area contributed by atoms with Crippen LogP contribution in [0.4, 0.5) is 5.69 Å². The number of hydrogen-bond donors (Lipinski definition) is 1. The summed E-state index contributed by atoms with van der Waals surface area (Å²) in [5.41, 5.74) is 0.761. The van der Waals surface area contributed by atoms with Crippen LogP contribution in [0.2, 0.25) is 5.02 Å². The fourth-order valence-electron chi connectivity index (χ4n) is 2.41. The number of carbonyl (C=O) groups excluding carboxylic acids is 1. The molecule has 3 rings (SSSR count). The first-order valence-corrected chi connectivity index (χ1v) is 11.1. The summed E-state index contributed by atoms with van der Waals surface area (Å²) in [4.78, 5) is 12.2. The maximum Gasteiger partial charge on any atom is 0.234 e. The Morgan fingerprint density at radius 2 is 2.00 bits per heavy atom. The van der Waals surface area contributed by atoms with Gasteiger partial charge in [0.15, 0.2) is 11.0 Å². The molecule has 0 aliphatic carbocycles. The highest BCUT2D eigenvalue weighted by molar-refractivity contribution is 14.1. The summed E-state index contributed by atoms with van der Waals surface area (Å²) in [6.07, 6.45) is 1.75. The van der Waals surface area contributed by atoms with Gasteiger partial charge in [0, 0.05) is 15.8 Å². The van der Waals surface area contributed by atoms with Gasteiger partial charge in [0.1, 0.15) is 12.4 Å². The van der Waals surface area contributed by atoms with Crippen LogP contribution in [0.3, 0.4) is 0 Å². The third kappa shape index (κ3) is 6.22. The molecule has 0 aliphatic heterocycles. The number of rotatable bonds is 9. The first-order valence-electron chi connectivity index (χ1n) is 8.65. The molecule has 3 aromatic rings. The van der Waals surface area contributed by atoms with E-state index < -0.39 is 0 Å². The number of hydrogen-bond acceptors (Lipinski definition) is 5. The number of nitrogens with one attached hydrogen (secondary N) is 1. The van der Waals surface area contributed by atoms with E-state index in [4.69, 9.17) is 16.3 Å². The van der Waals surface area contributed by atoms with Crippen molar-refractivity contribution in [3.8, 4) is 5.75 Å². The van der Waals surface area contributed by atoms with Gasteiger partial charge in [0.05, 0.1) is 10.8 Å². The second-order valence-electron chi connectivity index (χ2n) is 5.86. The van der Waals surface area contributed by atoms with E-state index in [-0.39, 0.29) is 18.3 Å². The second kappa shape index (κ2) is 10.7. The SMILES string of the molecule is C=CCn1c(COc2ccccc2Cl)nnc1SCC(=O)Nc1ccc(I)cc1. The molecule has 2 aromatic carbocycles. The molecule has 1 aromatic heterocycles. The first kappa shape index (κ1) is 21.7. The minimum absolute atomic E-state index is 0.113. The number of thioether (sulfide) groups is 1. The topological polar surface area (TPSA) is 69.0 Å². The molecule has 150 valence electrons. The van der Waals surface area contributed by atoms with Gasteiger partial charge in [-0.3, -0.25) is 9.36 Å². The largest absolute Gasteiger partial charge is 0.484 e. The summed E-state index contributed by atoms with van der Waals surface area (Å²) in [5.74, 6) is 1.31. The lowest BCUT2D eigenvalue weighted by Gasteiger charge is -2.10. The maximum absolute atomic E-state index is 12.2. The minimum Gasteiger partial charge on any atom is -0.484 e. The summed E-state index contributed by atoms with van der Waals surface area (Å²) in [6.45, 7) is 4.50. The molecular weight excluding hydrogens is 523 g/mol. The van der Waals surface area contributed by atoms with Crippen molar-refractivity contribution < 1.29 is 9.53 Å². The highest BCUT2D eigenvalue weighted by Gasteiger charge is 2.14. The van der Waals surface area contributed by atoms with Crippen molar-refractivity contribution in [3.63, 3.8) is 0 Å². The molecule has 0 bridgehead atoms. The molecule has 29 heavy (non-hydrogen) atoms. The highest BCUT2D eigenvalue weighted by atomic mass is 127. The van der Waals surface area contributed by atoms with Crippen LogP contribution >= 0.6 is 46.0 Å². The number of benzene rings is 2. The Labute approximate surface area is 191 Å². The quantitative estimate of drug-likeness (QED) is 0.234. The van der Waals surface area contributed by atoms with Gasteiger partial charge in [0.2, 0.25) is 5.91 Å². The molecule has 6 nitrogen and oxygen atoms in total. The number of anilines is 1. The standard InChI is InChI=1S/C20H18ClIN4O2S/c1-2-11-26-18(12-28-17-6-4-3-5-16(17)21)24-25-20(26)29-13-19(27)23-15-9-7-14(22)8-10-15/h2-10H,1,11-13H2,(H,23,27). The van der Waals surface area contributed by atoms with Crippen molar-refractivity contribution in [2.45, 2.75) is 18.3 Å². The van der Waals surface area contributed by atoms with Gasteiger partial charge >= 0.3 is 0 Å². The summed E-state index contributed by atoms with van der Waals surface area (Å²) in [7, 11) is 0. The smallest absolute Gasteiger partial charge is 0.234 e. The zero-order valence-corrected chi connectivity index (χ0v) is 19.1. The van der Waals surface area contributed by atoms with Crippen LogP contribution in [-0.4, -0.2) is 26.4 Å². The summed E-state index contributed by atoms with van der Waals surface area (Å²) in [5, 5.41) is 12.4. The van der Waals surface area contributed by atoms with Crippen molar-refractivity contribution in [1.82, 2.24) is 14.8 Å². The predicted octanol–water partition coefficient (Wildman–Crippen LogP) is 5.03.